The molecule has 0 bridgehead atoms. The number of thioether (sulfide) groups is 1. The molecule has 1 aliphatic rings. The Morgan fingerprint density at radius 2 is 1.95 bits per heavy atom. The summed E-state index contributed by atoms with van der Waals surface area (Å²) in [6, 6.07) is 0.378. The molecule has 0 aromatic carbocycles. The molecule has 1 saturated heterocycles. The fourth-order valence-corrected chi connectivity index (χ4v) is 3.60. The van der Waals surface area contributed by atoms with Crippen molar-refractivity contribution in [2.24, 2.45) is 11.8 Å². The molecular formula is C15H30N2OS. The van der Waals surface area contributed by atoms with Crippen LogP contribution < -0.4 is 5.32 Å². The topological polar surface area (TPSA) is 32.3 Å². The van der Waals surface area contributed by atoms with Gasteiger partial charge in [0.2, 0.25) is 5.91 Å². The third-order valence-electron chi connectivity index (χ3n) is 3.79. The molecule has 4 heteroatoms. The Balaban J connectivity index is 2.87. The fraction of sp³-hybridized carbons (Fsp3) is 0.933. The first kappa shape index (κ1) is 16.8. The molecule has 0 aliphatic carbocycles. The minimum atomic E-state index is 0.0170. The van der Waals surface area contributed by atoms with E-state index in [1.54, 1.807) is 0 Å². The molecule has 19 heavy (non-hydrogen) atoms. The van der Waals surface area contributed by atoms with Crippen molar-refractivity contribution in [1.82, 2.24) is 10.2 Å². The van der Waals surface area contributed by atoms with Gasteiger partial charge in [-0.2, -0.15) is 11.8 Å². The molecule has 1 aliphatic heterocycles. The molecule has 1 amide bonds. The first-order chi connectivity index (χ1) is 8.92. The van der Waals surface area contributed by atoms with E-state index >= 15 is 0 Å². The fourth-order valence-electron chi connectivity index (χ4n) is 2.82. The third kappa shape index (κ3) is 4.12. The Morgan fingerprint density at radius 1 is 1.32 bits per heavy atom. The average Bonchev–Trinajstić information content (AvgIpc) is 2.64. The Hall–Kier alpha value is -0.220. The van der Waals surface area contributed by atoms with E-state index in [4.69, 9.17) is 0 Å². The van der Waals surface area contributed by atoms with Gasteiger partial charge in [-0.1, -0.05) is 34.6 Å². The first-order valence-electron chi connectivity index (χ1n) is 7.49. The smallest absolute Gasteiger partial charge is 0.241 e. The van der Waals surface area contributed by atoms with Crippen LogP contribution in [0.2, 0.25) is 0 Å². The van der Waals surface area contributed by atoms with Crippen molar-refractivity contribution in [3.63, 3.8) is 0 Å². The summed E-state index contributed by atoms with van der Waals surface area (Å²) in [5, 5.41) is 3.56. The summed E-state index contributed by atoms with van der Waals surface area (Å²) in [5.74, 6) is 2.35. The second-order valence-electron chi connectivity index (χ2n) is 6.30. The van der Waals surface area contributed by atoms with E-state index in [-0.39, 0.29) is 12.2 Å². The second-order valence-corrected chi connectivity index (χ2v) is 7.21. The maximum absolute atomic E-state index is 12.7. The van der Waals surface area contributed by atoms with Crippen LogP contribution in [-0.2, 0) is 4.79 Å². The van der Waals surface area contributed by atoms with Crippen LogP contribution >= 0.6 is 11.8 Å². The molecule has 3 atom stereocenters. The van der Waals surface area contributed by atoms with Crippen LogP contribution in [0.1, 0.15) is 47.5 Å². The Bertz CT molecular complexity index is 294. The highest BCUT2D eigenvalue weighted by Gasteiger charge is 2.42. The second kappa shape index (κ2) is 7.53. The SMILES string of the molecule is CCC(CSC)N1C(=O)C(CC(C)C)NC1C(C)C. The normalized spacial score (nSPS) is 25.7. The van der Waals surface area contributed by atoms with Gasteiger partial charge >= 0.3 is 0 Å². The van der Waals surface area contributed by atoms with Crippen molar-refractivity contribution >= 4 is 17.7 Å². The summed E-state index contributed by atoms with van der Waals surface area (Å²) in [6.45, 7) is 10.9. The molecule has 0 aromatic heterocycles. The number of carbonyl (C=O) groups excluding carboxylic acids is 1. The van der Waals surface area contributed by atoms with E-state index in [0.29, 0.717) is 23.8 Å². The maximum atomic E-state index is 12.7. The molecule has 1 heterocycles. The van der Waals surface area contributed by atoms with Gasteiger partial charge in [0.25, 0.3) is 0 Å². The molecule has 0 spiro atoms. The lowest BCUT2D eigenvalue weighted by atomic mass is 10.0. The van der Waals surface area contributed by atoms with E-state index < -0.39 is 0 Å². The number of carbonyl (C=O) groups is 1. The van der Waals surface area contributed by atoms with Gasteiger partial charge in [-0.05, 0) is 30.9 Å². The minimum absolute atomic E-state index is 0.0170. The van der Waals surface area contributed by atoms with Gasteiger partial charge in [0.1, 0.15) is 0 Å². The minimum Gasteiger partial charge on any atom is -0.322 e. The Labute approximate surface area is 122 Å². The van der Waals surface area contributed by atoms with Crippen molar-refractivity contribution in [2.75, 3.05) is 12.0 Å². The van der Waals surface area contributed by atoms with Gasteiger partial charge in [-0.15, -0.1) is 0 Å². The number of hydrogen-bond acceptors (Lipinski definition) is 3. The van der Waals surface area contributed by atoms with Gasteiger partial charge < -0.3 is 4.90 Å². The molecule has 112 valence electrons. The monoisotopic (exact) mass is 286 g/mol. The molecule has 3 unspecified atom stereocenters. The molecule has 3 nitrogen and oxygen atoms in total. The highest BCUT2D eigenvalue weighted by atomic mass is 32.2. The zero-order valence-electron chi connectivity index (χ0n) is 13.3. The number of hydrogen-bond donors (Lipinski definition) is 1. The van der Waals surface area contributed by atoms with Gasteiger partial charge in [0, 0.05) is 11.8 Å². The molecule has 1 rings (SSSR count). The lowest BCUT2D eigenvalue weighted by Gasteiger charge is -2.34. The molecule has 1 N–H and O–H groups in total. The van der Waals surface area contributed by atoms with Crippen molar-refractivity contribution in [3.05, 3.63) is 0 Å². The summed E-state index contributed by atoms with van der Waals surface area (Å²) in [4.78, 5) is 14.8. The van der Waals surface area contributed by atoms with E-state index in [2.05, 4.69) is 51.1 Å². The highest BCUT2D eigenvalue weighted by molar-refractivity contribution is 7.98. The third-order valence-corrected chi connectivity index (χ3v) is 4.50. The van der Waals surface area contributed by atoms with Gasteiger partial charge in [0.15, 0.2) is 0 Å². The quantitative estimate of drug-likeness (QED) is 0.781. The highest BCUT2D eigenvalue weighted by Crippen LogP contribution is 2.26. The lowest BCUT2D eigenvalue weighted by Crippen LogP contribution is -2.48. The average molecular weight is 286 g/mol. The molecular weight excluding hydrogens is 256 g/mol. The summed E-state index contributed by atoms with van der Waals surface area (Å²) >= 11 is 1.83. The van der Waals surface area contributed by atoms with Crippen LogP contribution in [0.4, 0.5) is 0 Å². The molecule has 0 radical (unpaired) electrons. The first-order valence-corrected chi connectivity index (χ1v) is 8.88. The molecule has 1 fully saturated rings. The molecule has 0 aromatic rings. The van der Waals surface area contributed by atoms with Crippen molar-refractivity contribution in [1.29, 1.82) is 0 Å². The number of rotatable bonds is 7. The standard InChI is InChI=1S/C15H30N2OS/c1-7-12(9-19-6)17-14(11(4)5)16-13(15(17)18)8-10(2)3/h10-14,16H,7-9H2,1-6H3. The molecule has 0 saturated carbocycles. The maximum Gasteiger partial charge on any atom is 0.241 e. The van der Waals surface area contributed by atoms with Gasteiger partial charge in [-0.25, -0.2) is 0 Å². The Morgan fingerprint density at radius 3 is 2.37 bits per heavy atom. The van der Waals surface area contributed by atoms with E-state index in [9.17, 15) is 4.79 Å². The zero-order chi connectivity index (χ0) is 14.6. The lowest BCUT2D eigenvalue weighted by molar-refractivity contribution is -0.132. The van der Waals surface area contributed by atoms with Crippen LogP contribution in [0, 0.1) is 11.8 Å². The number of nitrogens with zero attached hydrogens (tertiary/aromatic N) is 1. The van der Waals surface area contributed by atoms with E-state index in [1.807, 2.05) is 11.8 Å². The van der Waals surface area contributed by atoms with Gasteiger partial charge in [-0.3, -0.25) is 10.1 Å². The summed E-state index contributed by atoms with van der Waals surface area (Å²) in [5.41, 5.74) is 0. The Kier molecular flexibility index (Phi) is 6.67. The largest absolute Gasteiger partial charge is 0.322 e. The van der Waals surface area contributed by atoms with E-state index in [1.165, 1.54) is 0 Å². The van der Waals surface area contributed by atoms with Crippen LogP contribution in [0.15, 0.2) is 0 Å². The predicted octanol–water partition coefficient (Wildman–Crippen LogP) is 2.96. The van der Waals surface area contributed by atoms with E-state index in [0.717, 1.165) is 18.6 Å². The van der Waals surface area contributed by atoms with Gasteiger partial charge in [0.05, 0.1) is 12.2 Å². The van der Waals surface area contributed by atoms with Crippen LogP contribution in [-0.4, -0.2) is 41.1 Å². The zero-order valence-corrected chi connectivity index (χ0v) is 14.1. The number of amides is 1. The number of nitrogens with one attached hydrogen (secondary N) is 1. The summed E-state index contributed by atoms with van der Waals surface area (Å²) in [7, 11) is 0. The summed E-state index contributed by atoms with van der Waals surface area (Å²) < 4.78 is 0. The van der Waals surface area contributed by atoms with Crippen molar-refractivity contribution < 1.29 is 4.79 Å². The van der Waals surface area contributed by atoms with Crippen LogP contribution in [0.5, 0.6) is 0 Å². The van der Waals surface area contributed by atoms with Crippen LogP contribution in [0.3, 0.4) is 0 Å². The summed E-state index contributed by atoms with van der Waals surface area (Å²) in [6.07, 6.45) is 4.29. The van der Waals surface area contributed by atoms with Crippen molar-refractivity contribution in [2.45, 2.75) is 65.7 Å². The van der Waals surface area contributed by atoms with Crippen molar-refractivity contribution in [3.8, 4) is 0 Å². The predicted molar refractivity (Wildman–Crippen MR) is 84.3 cm³/mol. The van der Waals surface area contributed by atoms with Crippen LogP contribution in [0.25, 0.3) is 0 Å².